The summed E-state index contributed by atoms with van der Waals surface area (Å²) in [4.78, 5) is 16.9. The molecule has 0 radical (unpaired) electrons. The normalized spacial score (nSPS) is 11.3. The molecule has 0 atom stereocenters. The van der Waals surface area contributed by atoms with Gasteiger partial charge in [-0.2, -0.15) is 5.26 Å². The van der Waals surface area contributed by atoms with Crippen molar-refractivity contribution in [1.82, 2.24) is 4.98 Å². The third kappa shape index (κ3) is 4.06. The van der Waals surface area contributed by atoms with Gasteiger partial charge >= 0.3 is 0 Å². The van der Waals surface area contributed by atoms with E-state index in [1.165, 1.54) is 6.08 Å². The van der Waals surface area contributed by atoms with Crippen molar-refractivity contribution in [1.29, 1.82) is 5.26 Å². The molecule has 0 saturated carbocycles. The van der Waals surface area contributed by atoms with Crippen molar-refractivity contribution >= 4 is 51.8 Å². The fraction of sp³-hybridized carbons (Fsp3) is 0. The molecule has 0 aliphatic rings. The van der Waals surface area contributed by atoms with E-state index in [0.29, 0.717) is 32.8 Å². The van der Waals surface area contributed by atoms with Crippen molar-refractivity contribution in [3.05, 3.63) is 88.2 Å². The topological polar surface area (TPSA) is 78.9 Å². The van der Waals surface area contributed by atoms with Gasteiger partial charge < -0.3 is 9.73 Å². The standard InChI is InChI=1S/C23H13Cl2N3O2/c24-15-6-8-17(19(25)12-15)22-9-7-16(30-22)11-14(13-26)23(29)28-21-5-1-4-20-18(21)3-2-10-27-20/h1-12H,(H,28,29)/b14-11+. The molecule has 2 aromatic carbocycles. The second-order valence-electron chi connectivity index (χ2n) is 6.33. The molecule has 5 nitrogen and oxygen atoms in total. The highest BCUT2D eigenvalue weighted by Crippen LogP contribution is 2.32. The summed E-state index contributed by atoms with van der Waals surface area (Å²) in [6.07, 6.45) is 3.06. The maximum Gasteiger partial charge on any atom is 0.266 e. The average Bonchev–Trinajstić information content (AvgIpc) is 3.20. The van der Waals surface area contributed by atoms with Crippen LogP contribution in [0, 0.1) is 11.3 Å². The molecule has 4 aromatic rings. The summed E-state index contributed by atoms with van der Waals surface area (Å²) < 4.78 is 5.75. The molecule has 2 heterocycles. The Morgan fingerprint density at radius 2 is 1.97 bits per heavy atom. The molecule has 0 unspecified atom stereocenters. The first-order valence-corrected chi connectivity index (χ1v) is 9.63. The van der Waals surface area contributed by atoms with Crippen LogP contribution in [-0.4, -0.2) is 10.9 Å². The zero-order valence-electron chi connectivity index (χ0n) is 15.4. The van der Waals surface area contributed by atoms with Gasteiger partial charge in [0.15, 0.2) is 0 Å². The summed E-state index contributed by atoms with van der Waals surface area (Å²) >= 11 is 12.1. The van der Waals surface area contributed by atoms with Gasteiger partial charge in [0.1, 0.15) is 23.2 Å². The number of benzene rings is 2. The number of hydrogen-bond acceptors (Lipinski definition) is 4. The number of carbonyl (C=O) groups excluding carboxylic acids is 1. The van der Waals surface area contributed by atoms with Crippen molar-refractivity contribution in [3.63, 3.8) is 0 Å². The Hall–Kier alpha value is -3.59. The fourth-order valence-corrected chi connectivity index (χ4v) is 3.46. The predicted octanol–water partition coefficient (Wildman–Crippen LogP) is 6.35. The molecule has 30 heavy (non-hydrogen) atoms. The number of aromatic nitrogens is 1. The highest BCUT2D eigenvalue weighted by Gasteiger charge is 2.14. The van der Waals surface area contributed by atoms with Crippen LogP contribution in [0.2, 0.25) is 10.0 Å². The summed E-state index contributed by atoms with van der Waals surface area (Å²) in [5.41, 5.74) is 1.87. The Bertz CT molecular complexity index is 1330. The number of hydrogen-bond donors (Lipinski definition) is 1. The van der Waals surface area contributed by atoms with E-state index in [9.17, 15) is 10.1 Å². The van der Waals surface area contributed by atoms with Crippen LogP contribution >= 0.6 is 23.2 Å². The van der Waals surface area contributed by atoms with E-state index in [4.69, 9.17) is 27.6 Å². The molecule has 4 rings (SSSR count). The Morgan fingerprint density at radius 3 is 2.77 bits per heavy atom. The molecule has 1 amide bonds. The van der Waals surface area contributed by atoms with Crippen LogP contribution in [0.4, 0.5) is 5.69 Å². The average molecular weight is 434 g/mol. The first-order chi connectivity index (χ1) is 14.5. The van der Waals surface area contributed by atoms with Crippen LogP contribution in [0.3, 0.4) is 0 Å². The summed E-state index contributed by atoms with van der Waals surface area (Å²) in [7, 11) is 0. The second kappa shape index (κ2) is 8.42. The number of anilines is 1. The van der Waals surface area contributed by atoms with E-state index in [1.54, 1.807) is 54.7 Å². The molecule has 146 valence electrons. The number of carbonyl (C=O) groups is 1. The van der Waals surface area contributed by atoms with Crippen LogP contribution in [0.15, 0.2) is 76.9 Å². The largest absolute Gasteiger partial charge is 0.457 e. The smallest absolute Gasteiger partial charge is 0.266 e. The highest BCUT2D eigenvalue weighted by atomic mass is 35.5. The number of fused-ring (bicyclic) bond motifs is 1. The van der Waals surface area contributed by atoms with Gasteiger partial charge in [-0.15, -0.1) is 0 Å². The molecule has 7 heteroatoms. The molecule has 0 bridgehead atoms. The van der Waals surface area contributed by atoms with Gasteiger partial charge in [0.2, 0.25) is 0 Å². The minimum absolute atomic E-state index is 0.0982. The van der Waals surface area contributed by atoms with Crippen molar-refractivity contribution in [2.24, 2.45) is 0 Å². The number of nitrogens with zero attached hydrogens (tertiary/aromatic N) is 2. The molecular weight excluding hydrogens is 421 g/mol. The molecule has 1 N–H and O–H groups in total. The quantitative estimate of drug-likeness (QED) is 0.300. The van der Waals surface area contributed by atoms with Gasteiger partial charge in [-0.25, -0.2) is 0 Å². The first-order valence-electron chi connectivity index (χ1n) is 8.87. The zero-order valence-corrected chi connectivity index (χ0v) is 16.9. The van der Waals surface area contributed by atoms with Gasteiger partial charge in [0.05, 0.1) is 16.2 Å². The molecule has 0 saturated heterocycles. The van der Waals surface area contributed by atoms with Crippen LogP contribution < -0.4 is 5.32 Å². The van der Waals surface area contributed by atoms with E-state index in [-0.39, 0.29) is 5.57 Å². The van der Waals surface area contributed by atoms with Crippen LogP contribution in [0.5, 0.6) is 0 Å². The molecular formula is C23H13Cl2N3O2. The number of nitriles is 1. The van der Waals surface area contributed by atoms with E-state index in [1.807, 2.05) is 18.2 Å². The summed E-state index contributed by atoms with van der Waals surface area (Å²) in [5, 5.41) is 14.0. The lowest BCUT2D eigenvalue weighted by Gasteiger charge is -2.07. The number of pyridine rings is 1. The Balaban J connectivity index is 1.60. The third-order valence-corrected chi connectivity index (χ3v) is 4.92. The number of halogens is 2. The Morgan fingerprint density at radius 1 is 1.10 bits per heavy atom. The molecule has 2 aromatic heterocycles. The summed E-state index contributed by atoms with van der Waals surface area (Å²) in [5.74, 6) is 0.305. The lowest BCUT2D eigenvalue weighted by molar-refractivity contribution is -0.112. The number of furan rings is 1. The van der Waals surface area contributed by atoms with Gasteiger partial charge in [-0.3, -0.25) is 9.78 Å². The van der Waals surface area contributed by atoms with E-state index in [0.717, 1.165) is 10.9 Å². The van der Waals surface area contributed by atoms with Crippen LogP contribution in [0.1, 0.15) is 5.76 Å². The van der Waals surface area contributed by atoms with Gasteiger partial charge in [0, 0.05) is 28.2 Å². The van der Waals surface area contributed by atoms with E-state index >= 15 is 0 Å². The molecule has 0 spiro atoms. The monoisotopic (exact) mass is 433 g/mol. The van der Waals surface area contributed by atoms with Crippen molar-refractivity contribution in [3.8, 4) is 17.4 Å². The molecule has 0 aliphatic heterocycles. The van der Waals surface area contributed by atoms with Crippen molar-refractivity contribution < 1.29 is 9.21 Å². The summed E-state index contributed by atoms with van der Waals surface area (Å²) in [6.45, 7) is 0. The molecule has 0 aliphatic carbocycles. The van der Waals surface area contributed by atoms with Crippen molar-refractivity contribution in [2.75, 3.05) is 5.32 Å². The molecule has 0 fully saturated rings. The van der Waals surface area contributed by atoms with Gasteiger partial charge in [-0.05, 0) is 54.6 Å². The third-order valence-electron chi connectivity index (χ3n) is 4.37. The Kier molecular flexibility index (Phi) is 5.53. The second-order valence-corrected chi connectivity index (χ2v) is 7.17. The van der Waals surface area contributed by atoms with Crippen molar-refractivity contribution in [2.45, 2.75) is 0 Å². The predicted molar refractivity (Wildman–Crippen MR) is 118 cm³/mol. The number of rotatable bonds is 4. The van der Waals surface area contributed by atoms with Crippen LogP contribution in [0.25, 0.3) is 28.3 Å². The zero-order chi connectivity index (χ0) is 21.1. The van der Waals surface area contributed by atoms with Gasteiger partial charge in [-0.1, -0.05) is 29.3 Å². The van der Waals surface area contributed by atoms with E-state index in [2.05, 4.69) is 10.3 Å². The summed E-state index contributed by atoms with van der Waals surface area (Å²) in [6, 6.07) is 19.4. The lowest BCUT2D eigenvalue weighted by Crippen LogP contribution is -2.13. The first kappa shape index (κ1) is 19.7. The minimum Gasteiger partial charge on any atom is -0.457 e. The Labute approximate surface area is 182 Å². The number of amides is 1. The van der Waals surface area contributed by atoms with Crippen LogP contribution in [-0.2, 0) is 4.79 Å². The maximum atomic E-state index is 12.7. The maximum absolute atomic E-state index is 12.7. The lowest BCUT2D eigenvalue weighted by atomic mass is 10.1. The SMILES string of the molecule is N#C/C(=C\c1ccc(-c2ccc(Cl)cc2Cl)o1)C(=O)Nc1cccc2ncccc12. The van der Waals surface area contributed by atoms with E-state index < -0.39 is 5.91 Å². The number of nitrogens with one attached hydrogen (secondary N) is 1. The minimum atomic E-state index is -0.545. The van der Waals surface area contributed by atoms with Gasteiger partial charge in [0.25, 0.3) is 5.91 Å². The highest BCUT2D eigenvalue weighted by molar-refractivity contribution is 6.36. The fourth-order valence-electron chi connectivity index (χ4n) is 2.96.